The molecule has 3 rings (SSSR count). The van der Waals surface area contributed by atoms with Crippen molar-refractivity contribution >= 4 is 45.1 Å². The van der Waals surface area contributed by atoms with Crippen LogP contribution in [0.2, 0.25) is 0 Å². The lowest BCUT2D eigenvalue weighted by Crippen LogP contribution is -2.29. The van der Waals surface area contributed by atoms with Crippen molar-refractivity contribution < 1.29 is 14.3 Å². The molecule has 0 atom stereocenters. The average molecular weight is 408 g/mol. The maximum Gasteiger partial charge on any atom is 0.258 e. The third-order valence-electron chi connectivity index (χ3n) is 4.49. The molecule has 2 aromatic rings. The van der Waals surface area contributed by atoms with Crippen molar-refractivity contribution in [2.45, 2.75) is 26.3 Å². The molecule has 27 heavy (non-hydrogen) atoms. The van der Waals surface area contributed by atoms with Gasteiger partial charge in [-0.25, -0.2) is 0 Å². The lowest BCUT2D eigenvalue weighted by Gasteiger charge is -2.14. The molecule has 1 aliphatic heterocycles. The van der Waals surface area contributed by atoms with Crippen LogP contribution in [0.5, 0.6) is 0 Å². The Morgan fingerprint density at radius 1 is 1.26 bits per heavy atom. The fourth-order valence-corrected chi connectivity index (χ4v) is 4.96. The van der Waals surface area contributed by atoms with Crippen molar-refractivity contribution in [2.24, 2.45) is 4.99 Å². The predicted molar refractivity (Wildman–Crippen MR) is 110 cm³/mol. The molecule has 1 fully saturated rings. The summed E-state index contributed by atoms with van der Waals surface area (Å²) in [4.78, 5) is 31.3. The van der Waals surface area contributed by atoms with Crippen LogP contribution < -0.4 is 4.80 Å². The number of carbonyl (C=O) groups excluding carboxylic acids is 2. The minimum absolute atomic E-state index is 0.123. The van der Waals surface area contributed by atoms with Gasteiger partial charge in [0.05, 0.1) is 28.3 Å². The van der Waals surface area contributed by atoms with Gasteiger partial charge in [0.2, 0.25) is 5.91 Å². The van der Waals surface area contributed by atoms with Crippen LogP contribution in [0.4, 0.5) is 0 Å². The van der Waals surface area contributed by atoms with Crippen LogP contribution >= 0.6 is 23.1 Å². The SMILES string of the molecule is COCCn1c(=NC(=O)CSCC(=O)N2CCCC2)sc2cc(C)ccc21. The van der Waals surface area contributed by atoms with Crippen molar-refractivity contribution in [1.29, 1.82) is 0 Å². The molecule has 0 unspecified atom stereocenters. The van der Waals surface area contributed by atoms with E-state index in [9.17, 15) is 9.59 Å². The highest BCUT2D eigenvalue weighted by Gasteiger charge is 2.18. The highest BCUT2D eigenvalue weighted by Crippen LogP contribution is 2.19. The second-order valence-electron chi connectivity index (χ2n) is 6.59. The van der Waals surface area contributed by atoms with Gasteiger partial charge in [-0.3, -0.25) is 9.59 Å². The number of carbonyl (C=O) groups is 2. The molecule has 8 heteroatoms. The Hall–Kier alpha value is -1.64. The van der Waals surface area contributed by atoms with Gasteiger partial charge in [0.1, 0.15) is 0 Å². The largest absolute Gasteiger partial charge is 0.383 e. The van der Waals surface area contributed by atoms with Crippen LogP contribution in [0.3, 0.4) is 0 Å². The molecule has 0 aliphatic carbocycles. The molecule has 146 valence electrons. The molecule has 0 radical (unpaired) electrons. The molecule has 1 aromatic heterocycles. The van der Waals surface area contributed by atoms with Gasteiger partial charge in [0.25, 0.3) is 5.91 Å². The first-order valence-electron chi connectivity index (χ1n) is 9.10. The average Bonchev–Trinajstić information content (AvgIpc) is 3.27. The molecule has 0 spiro atoms. The van der Waals surface area contributed by atoms with E-state index in [0.717, 1.165) is 36.1 Å². The third-order valence-corrected chi connectivity index (χ3v) is 6.43. The number of aromatic nitrogens is 1. The summed E-state index contributed by atoms with van der Waals surface area (Å²) in [5.41, 5.74) is 2.24. The number of aryl methyl sites for hydroxylation is 1. The number of rotatable bonds is 7. The Kier molecular flexibility index (Phi) is 7.09. The second-order valence-corrected chi connectivity index (χ2v) is 8.58. The van der Waals surface area contributed by atoms with Crippen molar-refractivity contribution in [2.75, 3.05) is 38.3 Å². The van der Waals surface area contributed by atoms with E-state index >= 15 is 0 Å². The van der Waals surface area contributed by atoms with Crippen molar-refractivity contribution in [3.8, 4) is 0 Å². The number of methoxy groups -OCH3 is 1. The number of thioether (sulfide) groups is 1. The van der Waals surface area contributed by atoms with E-state index in [1.54, 1.807) is 7.11 Å². The molecule has 2 amide bonds. The molecule has 1 aromatic carbocycles. The van der Waals surface area contributed by atoms with Crippen molar-refractivity contribution in [3.05, 3.63) is 28.6 Å². The summed E-state index contributed by atoms with van der Waals surface area (Å²) in [6.45, 7) is 4.94. The second kappa shape index (κ2) is 9.52. The van der Waals surface area contributed by atoms with Gasteiger partial charge in [-0.2, -0.15) is 4.99 Å². The smallest absolute Gasteiger partial charge is 0.258 e. The molecule has 0 saturated carbocycles. The summed E-state index contributed by atoms with van der Waals surface area (Å²) in [5, 5.41) is 0. The molecule has 0 bridgehead atoms. The van der Waals surface area contributed by atoms with Crippen LogP contribution in [-0.2, 0) is 20.9 Å². The van der Waals surface area contributed by atoms with E-state index in [2.05, 4.69) is 30.1 Å². The zero-order valence-electron chi connectivity index (χ0n) is 15.8. The number of benzene rings is 1. The van der Waals surface area contributed by atoms with Crippen LogP contribution in [0.15, 0.2) is 23.2 Å². The summed E-state index contributed by atoms with van der Waals surface area (Å²) in [5.74, 6) is 0.481. The fraction of sp³-hybridized carbons (Fsp3) is 0.526. The van der Waals surface area contributed by atoms with E-state index in [-0.39, 0.29) is 17.6 Å². The summed E-state index contributed by atoms with van der Waals surface area (Å²) in [6.07, 6.45) is 2.16. The zero-order valence-corrected chi connectivity index (χ0v) is 17.4. The maximum absolute atomic E-state index is 12.3. The van der Waals surface area contributed by atoms with Crippen LogP contribution in [0.25, 0.3) is 10.2 Å². The first-order chi connectivity index (χ1) is 13.1. The number of hydrogen-bond donors (Lipinski definition) is 0. The number of ether oxygens (including phenoxy) is 1. The fourth-order valence-electron chi connectivity index (χ4n) is 3.09. The normalized spacial score (nSPS) is 15.0. The molecular weight excluding hydrogens is 382 g/mol. The molecule has 0 N–H and O–H groups in total. The first-order valence-corrected chi connectivity index (χ1v) is 11.1. The standard InChI is InChI=1S/C19H25N3O3S2/c1-14-5-6-15-16(11-14)27-19(22(15)9-10-25-2)20-17(23)12-26-13-18(24)21-7-3-4-8-21/h5-6,11H,3-4,7-10,12-13H2,1-2H3. The van der Waals surface area contributed by atoms with E-state index in [0.29, 0.717) is 23.7 Å². The van der Waals surface area contributed by atoms with Gasteiger partial charge in [-0.15, -0.1) is 11.8 Å². The Morgan fingerprint density at radius 2 is 2.04 bits per heavy atom. The van der Waals surface area contributed by atoms with Crippen molar-refractivity contribution in [3.63, 3.8) is 0 Å². The van der Waals surface area contributed by atoms with Gasteiger partial charge < -0.3 is 14.2 Å². The molecule has 6 nitrogen and oxygen atoms in total. The summed E-state index contributed by atoms with van der Waals surface area (Å²) >= 11 is 2.86. The van der Waals surface area contributed by atoms with Gasteiger partial charge in [0.15, 0.2) is 4.80 Å². The monoisotopic (exact) mass is 407 g/mol. The lowest BCUT2D eigenvalue weighted by molar-refractivity contribution is -0.127. The van der Waals surface area contributed by atoms with Crippen molar-refractivity contribution in [1.82, 2.24) is 9.47 Å². The highest BCUT2D eigenvalue weighted by molar-refractivity contribution is 8.00. The number of likely N-dealkylation sites (tertiary alicyclic amines) is 1. The zero-order chi connectivity index (χ0) is 19.2. The minimum Gasteiger partial charge on any atom is -0.383 e. The summed E-state index contributed by atoms with van der Waals surface area (Å²) in [7, 11) is 1.66. The number of fused-ring (bicyclic) bond motifs is 1. The van der Waals surface area contributed by atoms with Crippen LogP contribution in [-0.4, -0.2) is 59.6 Å². The number of nitrogens with zero attached hydrogens (tertiary/aromatic N) is 3. The Labute approximate surface area is 167 Å². The van der Waals surface area contributed by atoms with Gasteiger partial charge in [-0.05, 0) is 37.5 Å². The lowest BCUT2D eigenvalue weighted by atomic mass is 10.2. The third kappa shape index (κ3) is 5.21. The number of amides is 2. The van der Waals surface area contributed by atoms with Gasteiger partial charge in [0, 0.05) is 26.7 Å². The topological polar surface area (TPSA) is 63.9 Å². The van der Waals surface area contributed by atoms with Gasteiger partial charge >= 0.3 is 0 Å². The maximum atomic E-state index is 12.3. The molecule has 1 aliphatic rings. The Balaban J connectivity index is 1.69. The first kappa shape index (κ1) is 20.1. The van der Waals surface area contributed by atoms with Crippen LogP contribution in [0.1, 0.15) is 18.4 Å². The molecule has 1 saturated heterocycles. The summed E-state index contributed by atoms with van der Waals surface area (Å²) < 4.78 is 8.33. The van der Waals surface area contributed by atoms with E-state index < -0.39 is 0 Å². The highest BCUT2D eigenvalue weighted by atomic mass is 32.2. The number of hydrogen-bond acceptors (Lipinski definition) is 5. The van der Waals surface area contributed by atoms with Gasteiger partial charge in [-0.1, -0.05) is 17.4 Å². The van der Waals surface area contributed by atoms with E-state index in [1.807, 2.05) is 9.47 Å². The summed E-state index contributed by atoms with van der Waals surface area (Å²) in [6, 6.07) is 6.23. The Morgan fingerprint density at radius 3 is 2.78 bits per heavy atom. The molecule has 2 heterocycles. The predicted octanol–water partition coefficient (Wildman–Crippen LogP) is 2.44. The minimum atomic E-state index is -0.205. The molecular formula is C19H25N3O3S2. The van der Waals surface area contributed by atoms with E-state index in [4.69, 9.17) is 4.74 Å². The quantitative estimate of drug-likeness (QED) is 0.707. The number of thiazole rings is 1. The van der Waals surface area contributed by atoms with Crippen LogP contribution in [0, 0.1) is 6.92 Å². The van der Waals surface area contributed by atoms with E-state index in [1.165, 1.54) is 28.7 Å². The Bertz CT molecular complexity index is 882.